The number of amides is 2. The van der Waals surface area contributed by atoms with E-state index >= 15 is 0 Å². The van der Waals surface area contributed by atoms with Crippen LogP contribution >= 0.6 is 0 Å². The highest BCUT2D eigenvalue weighted by atomic mass is 16.6. The van der Waals surface area contributed by atoms with Crippen LogP contribution in [0.3, 0.4) is 0 Å². The lowest BCUT2D eigenvalue weighted by molar-refractivity contribution is 0.0362. The van der Waals surface area contributed by atoms with Gasteiger partial charge in [0, 0.05) is 38.9 Å². The van der Waals surface area contributed by atoms with Crippen LogP contribution in [0.25, 0.3) is 0 Å². The zero-order valence-electron chi connectivity index (χ0n) is 14.1. The van der Waals surface area contributed by atoms with Crippen molar-refractivity contribution in [2.45, 2.75) is 18.6 Å². The lowest BCUT2D eigenvalue weighted by Gasteiger charge is -2.28. The quantitative estimate of drug-likeness (QED) is 0.790. The highest BCUT2D eigenvalue weighted by molar-refractivity contribution is 5.92. The predicted octanol–water partition coefficient (Wildman–Crippen LogP) is -0.223. The first-order chi connectivity index (χ1) is 12.2. The highest BCUT2D eigenvalue weighted by Gasteiger charge is 2.48. The highest BCUT2D eigenvalue weighted by Crippen LogP contribution is 2.27. The molecule has 0 radical (unpaired) electrons. The van der Waals surface area contributed by atoms with E-state index in [1.807, 2.05) is 0 Å². The predicted molar refractivity (Wildman–Crippen MR) is 87.1 cm³/mol. The minimum Gasteiger partial charge on any atom is -0.442 e. The Morgan fingerprint density at radius 3 is 2.88 bits per heavy atom. The summed E-state index contributed by atoms with van der Waals surface area (Å²) >= 11 is 0. The summed E-state index contributed by atoms with van der Waals surface area (Å²) in [6, 6.07) is 1.60. The van der Waals surface area contributed by atoms with Gasteiger partial charge >= 0.3 is 6.09 Å². The maximum Gasteiger partial charge on any atom is 0.410 e. The van der Waals surface area contributed by atoms with E-state index in [4.69, 9.17) is 9.47 Å². The van der Waals surface area contributed by atoms with Crippen LogP contribution in [0.2, 0.25) is 0 Å². The van der Waals surface area contributed by atoms with Gasteiger partial charge in [0.25, 0.3) is 5.91 Å². The van der Waals surface area contributed by atoms with Crippen molar-refractivity contribution in [1.29, 1.82) is 0 Å². The second kappa shape index (κ2) is 7.01. The van der Waals surface area contributed by atoms with Gasteiger partial charge in [-0.05, 0) is 12.5 Å². The van der Waals surface area contributed by atoms with Crippen LogP contribution in [-0.4, -0.2) is 102 Å². The summed E-state index contributed by atoms with van der Waals surface area (Å²) in [5.41, 5.74) is 0.463. The molecule has 25 heavy (non-hydrogen) atoms. The zero-order valence-corrected chi connectivity index (χ0v) is 14.1. The molecule has 0 spiro atoms. The molecule has 0 bridgehead atoms. The second-order valence-corrected chi connectivity index (χ2v) is 6.67. The van der Waals surface area contributed by atoms with Crippen molar-refractivity contribution in [1.82, 2.24) is 24.9 Å². The number of aromatic nitrogens is 2. The maximum absolute atomic E-state index is 12.4. The number of nitrogens with one attached hydrogen (secondary N) is 1. The molecule has 2 atom stereocenters. The number of H-pyrrole nitrogens is 1. The average molecular weight is 349 g/mol. The Labute approximate surface area is 145 Å². The summed E-state index contributed by atoms with van der Waals surface area (Å²) in [5, 5.41) is 6.51. The maximum atomic E-state index is 12.4. The molecule has 1 N–H and O–H groups in total. The van der Waals surface area contributed by atoms with Gasteiger partial charge in [-0.15, -0.1) is 0 Å². The number of hydrogen-bond acceptors (Lipinski definition) is 6. The normalized spacial score (nSPS) is 26.8. The molecule has 0 saturated carbocycles. The van der Waals surface area contributed by atoms with E-state index in [1.165, 1.54) is 0 Å². The molecule has 0 aromatic carbocycles. The van der Waals surface area contributed by atoms with Gasteiger partial charge in [0.2, 0.25) is 0 Å². The summed E-state index contributed by atoms with van der Waals surface area (Å²) in [4.78, 5) is 30.4. The Hall–Kier alpha value is -2.13. The van der Waals surface area contributed by atoms with Gasteiger partial charge < -0.3 is 14.4 Å². The van der Waals surface area contributed by atoms with E-state index in [0.717, 1.165) is 39.3 Å². The fourth-order valence-electron chi connectivity index (χ4n) is 3.76. The summed E-state index contributed by atoms with van der Waals surface area (Å²) in [7, 11) is 0. The van der Waals surface area contributed by atoms with E-state index in [9.17, 15) is 9.59 Å². The number of nitrogens with zero attached hydrogens (tertiary/aromatic N) is 4. The van der Waals surface area contributed by atoms with Crippen molar-refractivity contribution in [2.24, 2.45) is 0 Å². The van der Waals surface area contributed by atoms with Crippen molar-refractivity contribution < 1.29 is 19.1 Å². The zero-order chi connectivity index (χ0) is 17.2. The van der Waals surface area contributed by atoms with Crippen molar-refractivity contribution in [3.8, 4) is 0 Å². The summed E-state index contributed by atoms with van der Waals surface area (Å²) in [5.74, 6) is -0.101. The van der Waals surface area contributed by atoms with Gasteiger partial charge in [-0.2, -0.15) is 5.10 Å². The van der Waals surface area contributed by atoms with E-state index in [1.54, 1.807) is 22.1 Å². The van der Waals surface area contributed by atoms with Crippen molar-refractivity contribution in [3.63, 3.8) is 0 Å². The SMILES string of the molecule is O=C(c1ccn[nH]1)N1C[C@@H]2OC(=O)N(CCCN3CCOCC3)[C@@H]2C1. The lowest BCUT2D eigenvalue weighted by atomic mass is 10.2. The molecular weight excluding hydrogens is 326 g/mol. The minimum atomic E-state index is -0.259. The molecule has 1 aromatic rings. The van der Waals surface area contributed by atoms with E-state index < -0.39 is 0 Å². The fourth-order valence-corrected chi connectivity index (χ4v) is 3.76. The minimum absolute atomic E-state index is 0.0518. The number of hydrogen-bond donors (Lipinski definition) is 1. The molecule has 3 saturated heterocycles. The molecule has 9 heteroatoms. The number of aromatic amines is 1. The van der Waals surface area contributed by atoms with E-state index in [-0.39, 0.29) is 24.1 Å². The number of likely N-dealkylation sites (tertiary alicyclic amines) is 1. The molecule has 3 fully saturated rings. The Balaban J connectivity index is 1.31. The van der Waals surface area contributed by atoms with Crippen LogP contribution in [0.4, 0.5) is 4.79 Å². The molecule has 0 aliphatic carbocycles. The summed E-state index contributed by atoms with van der Waals surface area (Å²) < 4.78 is 10.8. The smallest absolute Gasteiger partial charge is 0.410 e. The van der Waals surface area contributed by atoms with Crippen molar-refractivity contribution >= 4 is 12.0 Å². The largest absolute Gasteiger partial charge is 0.442 e. The first-order valence-corrected chi connectivity index (χ1v) is 8.78. The number of fused-ring (bicyclic) bond motifs is 1. The van der Waals surface area contributed by atoms with Crippen LogP contribution in [0.1, 0.15) is 16.9 Å². The number of carbonyl (C=O) groups excluding carboxylic acids is 2. The Morgan fingerprint density at radius 1 is 1.28 bits per heavy atom. The molecule has 136 valence electrons. The third-order valence-electron chi connectivity index (χ3n) is 5.12. The van der Waals surface area contributed by atoms with Gasteiger partial charge in [0.15, 0.2) is 0 Å². The first-order valence-electron chi connectivity index (χ1n) is 8.78. The van der Waals surface area contributed by atoms with Gasteiger partial charge in [-0.25, -0.2) is 4.79 Å². The lowest BCUT2D eigenvalue weighted by Crippen LogP contribution is -2.42. The topological polar surface area (TPSA) is 91.0 Å². The number of carbonyl (C=O) groups is 2. The van der Waals surface area contributed by atoms with Crippen LogP contribution in [-0.2, 0) is 9.47 Å². The van der Waals surface area contributed by atoms with Crippen LogP contribution in [0, 0.1) is 0 Å². The molecule has 4 rings (SSSR count). The first kappa shape index (κ1) is 16.3. The van der Waals surface area contributed by atoms with Gasteiger partial charge in [-0.3, -0.25) is 19.7 Å². The molecule has 9 nitrogen and oxygen atoms in total. The van der Waals surface area contributed by atoms with Crippen molar-refractivity contribution in [3.05, 3.63) is 18.0 Å². The monoisotopic (exact) mass is 349 g/mol. The third-order valence-corrected chi connectivity index (χ3v) is 5.12. The molecular formula is C16H23N5O4. The number of rotatable bonds is 5. The fraction of sp³-hybridized carbons (Fsp3) is 0.688. The Bertz CT molecular complexity index is 616. The summed E-state index contributed by atoms with van der Waals surface area (Å²) in [6.07, 6.45) is 1.96. The van der Waals surface area contributed by atoms with Crippen molar-refractivity contribution in [2.75, 3.05) is 52.5 Å². The third kappa shape index (κ3) is 3.34. The summed E-state index contributed by atoms with van der Waals surface area (Å²) in [6.45, 7) is 6.00. The molecule has 4 heterocycles. The molecule has 2 amide bonds. The molecule has 0 unspecified atom stereocenters. The Morgan fingerprint density at radius 2 is 2.12 bits per heavy atom. The van der Waals surface area contributed by atoms with Gasteiger partial charge in [0.05, 0.1) is 25.8 Å². The molecule has 3 aliphatic rings. The van der Waals surface area contributed by atoms with Crippen LogP contribution in [0.5, 0.6) is 0 Å². The van der Waals surface area contributed by atoms with E-state index in [0.29, 0.717) is 25.3 Å². The number of ether oxygens (including phenoxy) is 2. The average Bonchev–Trinajstić information content (AvgIpc) is 3.33. The second-order valence-electron chi connectivity index (χ2n) is 6.67. The van der Waals surface area contributed by atoms with Crippen LogP contribution < -0.4 is 0 Å². The van der Waals surface area contributed by atoms with Gasteiger partial charge in [-0.1, -0.05) is 0 Å². The molecule has 1 aromatic heterocycles. The van der Waals surface area contributed by atoms with E-state index in [2.05, 4.69) is 15.1 Å². The van der Waals surface area contributed by atoms with Crippen LogP contribution in [0.15, 0.2) is 12.3 Å². The van der Waals surface area contributed by atoms with Gasteiger partial charge in [0.1, 0.15) is 11.8 Å². The molecule has 3 aliphatic heterocycles. The standard InChI is InChI=1S/C16H23N5O4/c22-15(12-2-3-17-18-12)20-10-13-14(11-20)25-16(23)21(13)5-1-4-19-6-8-24-9-7-19/h2-3,13-14H,1,4-11H2,(H,17,18)/t13-,14+/m1/s1. The Kier molecular flexibility index (Phi) is 4.58. The number of morpholine rings is 1.